The molecule has 4 heteroatoms. The average molecular weight is 335 g/mol. The molecule has 0 unspecified atom stereocenters. The Morgan fingerprint density at radius 1 is 1.00 bits per heavy atom. The summed E-state index contributed by atoms with van der Waals surface area (Å²) in [4.78, 5) is 24.6. The maximum atomic E-state index is 12.6. The van der Waals surface area contributed by atoms with E-state index in [9.17, 15) is 9.59 Å². The molecule has 0 spiro atoms. The van der Waals surface area contributed by atoms with E-state index in [0.717, 1.165) is 5.56 Å². The molecule has 0 fully saturated rings. The predicted octanol–water partition coefficient (Wildman–Crippen LogP) is 4.35. The van der Waals surface area contributed by atoms with Crippen molar-refractivity contribution in [3.8, 4) is 0 Å². The van der Waals surface area contributed by atoms with Gasteiger partial charge in [0, 0.05) is 17.3 Å². The predicted molar refractivity (Wildman–Crippen MR) is 99.0 cm³/mol. The van der Waals surface area contributed by atoms with Gasteiger partial charge in [-0.05, 0) is 26.0 Å². The zero-order valence-electron chi connectivity index (χ0n) is 14.3. The summed E-state index contributed by atoms with van der Waals surface area (Å²) in [7, 11) is 0. The number of anilines is 1. The second kappa shape index (κ2) is 9.23. The van der Waals surface area contributed by atoms with Gasteiger partial charge in [-0.15, -0.1) is 0 Å². The first-order chi connectivity index (χ1) is 12.1. The van der Waals surface area contributed by atoms with Gasteiger partial charge in [-0.2, -0.15) is 0 Å². The monoisotopic (exact) mass is 335 g/mol. The lowest BCUT2D eigenvalue weighted by atomic mass is 10.1. The lowest BCUT2D eigenvalue weighted by Gasteiger charge is -2.17. The van der Waals surface area contributed by atoms with Gasteiger partial charge in [0.15, 0.2) is 0 Å². The molecule has 0 heterocycles. The molecule has 2 aromatic carbocycles. The maximum Gasteiger partial charge on any atom is 0.331 e. The van der Waals surface area contributed by atoms with Crippen molar-refractivity contribution < 1.29 is 14.3 Å². The van der Waals surface area contributed by atoms with Crippen molar-refractivity contribution in [2.45, 2.75) is 20.0 Å². The molecule has 128 valence electrons. The fourth-order valence-electron chi connectivity index (χ4n) is 2.15. The summed E-state index contributed by atoms with van der Waals surface area (Å²) in [5.41, 5.74) is 2.36. The Hall–Kier alpha value is -3.14. The number of carbonyl (C=O) groups excluding carboxylic acids is 2. The van der Waals surface area contributed by atoms with Crippen LogP contribution in [0, 0.1) is 6.92 Å². The highest BCUT2D eigenvalue weighted by atomic mass is 16.5. The van der Waals surface area contributed by atoms with Crippen molar-refractivity contribution in [1.29, 1.82) is 0 Å². The van der Waals surface area contributed by atoms with E-state index in [4.69, 9.17) is 4.74 Å². The SMILES string of the molecule is C/C=C/C=C/C(=O)O[C@H](C(=O)Nc1ccc(C)cc1)c1ccccc1. The van der Waals surface area contributed by atoms with Gasteiger partial charge in [0.1, 0.15) is 0 Å². The average Bonchev–Trinajstić information content (AvgIpc) is 2.62. The molecule has 0 aliphatic carbocycles. The minimum atomic E-state index is -1.02. The van der Waals surface area contributed by atoms with E-state index in [1.165, 1.54) is 6.08 Å². The largest absolute Gasteiger partial charge is 0.444 e. The molecule has 1 amide bonds. The third kappa shape index (κ3) is 5.77. The van der Waals surface area contributed by atoms with E-state index in [1.807, 2.05) is 44.2 Å². The van der Waals surface area contributed by atoms with Crippen LogP contribution in [0.15, 0.2) is 78.9 Å². The third-order valence-electron chi connectivity index (χ3n) is 3.43. The zero-order chi connectivity index (χ0) is 18.1. The molecule has 1 atom stereocenters. The quantitative estimate of drug-likeness (QED) is 0.485. The van der Waals surface area contributed by atoms with E-state index >= 15 is 0 Å². The summed E-state index contributed by atoms with van der Waals surface area (Å²) < 4.78 is 5.37. The van der Waals surface area contributed by atoms with Crippen LogP contribution in [0.2, 0.25) is 0 Å². The Labute approximate surface area is 147 Å². The van der Waals surface area contributed by atoms with Gasteiger partial charge < -0.3 is 10.1 Å². The number of hydrogen-bond acceptors (Lipinski definition) is 3. The van der Waals surface area contributed by atoms with Crippen LogP contribution in [-0.2, 0) is 14.3 Å². The second-order valence-electron chi connectivity index (χ2n) is 5.47. The highest BCUT2D eigenvalue weighted by Gasteiger charge is 2.24. The van der Waals surface area contributed by atoms with Gasteiger partial charge in [-0.25, -0.2) is 4.79 Å². The molecular weight excluding hydrogens is 314 g/mol. The van der Waals surface area contributed by atoms with Crippen molar-refractivity contribution in [2.75, 3.05) is 5.32 Å². The smallest absolute Gasteiger partial charge is 0.331 e. The summed E-state index contributed by atoms with van der Waals surface area (Å²) in [5.74, 6) is -0.978. The molecule has 25 heavy (non-hydrogen) atoms. The number of benzene rings is 2. The minimum Gasteiger partial charge on any atom is -0.444 e. The molecule has 4 nitrogen and oxygen atoms in total. The number of amides is 1. The van der Waals surface area contributed by atoms with Crippen molar-refractivity contribution in [3.05, 3.63) is 90.0 Å². The van der Waals surface area contributed by atoms with E-state index < -0.39 is 18.0 Å². The van der Waals surface area contributed by atoms with Crippen LogP contribution in [0.3, 0.4) is 0 Å². The molecule has 0 saturated heterocycles. The van der Waals surface area contributed by atoms with E-state index in [0.29, 0.717) is 11.3 Å². The van der Waals surface area contributed by atoms with Gasteiger partial charge in [0.25, 0.3) is 5.91 Å². The summed E-state index contributed by atoms with van der Waals surface area (Å²) >= 11 is 0. The first-order valence-corrected chi connectivity index (χ1v) is 8.02. The van der Waals surface area contributed by atoms with Crippen LogP contribution in [0.5, 0.6) is 0 Å². The van der Waals surface area contributed by atoms with Crippen LogP contribution in [-0.4, -0.2) is 11.9 Å². The first-order valence-electron chi connectivity index (χ1n) is 8.02. The minimum absolute atomic E-state index is 0.400. The Balaban J connectivity index is 2.17. The standard InChI is InChI=1S/C21H21NO3/c1-3-4-6-11-19(23)25-20(17-9-7-5-8-10-17)21(24)22-18-14-12-16(2)13-15-18/h3-15,20H,1-2H3,(H,22,24)/b4-3+,11-6+/t20-/m0/s1. The highest BCUT2D eigenvalue weighted by molar-refractivity contribution is 5.96. The first kappa shape index (κ1) is 18.2. The van der Waals surface area contributed by atoms with Gasteiger partial charge in [-0.1, -0.05) is 66.3 Å². The normalized spacial score (nSPS) is 12.2. The van der Waals surface area contributed by atoms with Crippen LogP contribution in [0.4, 0.5) is 5.69 Å². The fraction of sp³-hybridized carbons (Fsp3) is 0.143. The summed E-state index contributed by atoms with van der Waals surface area (Å²) in [6, 6.07) is 16.4. The number of ether oxygens (including phenoxy) is 1. The van der Waals surface area contributed by atoms with Crippen LogP contribution in [0.25, 0.3) is 0 Å². The molecule has 2 aromatic rings. The molecule has 2 rings (SSSR count). The zero-order valence-corrected chi connectivity index (χ0v) is 14.3. The van der Waals surface area contributed by atoms with Crippen LogP contribution in [0.1, 0.15) is 24.2 Å². The van der Waals surface area contributed by atoms with Gasteiger partial charge >= 0.3 is 5.97 Å². The van der Waals surface area contributed by atoms with Gasteiger partial charge in [0.05, 0.1) is 0 Å². The lowest BCUT2D eigenvalue weighted by Crippen LogP contribution is -2.25. The van der Waals surface area contributed by atoms with Crippen LogP contribution >= 0.6 is 0 Å². The Kier molecular flexibility index (Phi) is 6.72. The summed E-state index contributed by atoms with van der Waals surface area (Å²) in [5, 5.41) is 2.79. The Morgan fingerprint density at radius 2 is 1.68 bits per heavy atom. The van der Waals surface area contributed by atoms with E-state index in [2.05, 4.69) is 5.32 Å². The second-order valence-corrected chi connectivity index (χ2v) is 5.47. The highest BCUT2D eigenvalue weighted by Crippen LogP contribution is 2.20. The Bertz CT molecular complexity index is 761. The van der Waals surface area contributed by atoms with Crippen LogP contribution < -0.4 is 5.32 Å². The molecule has 0 radical (unpaired) electrons. The summed E-state index contributed by atoms with van der Waals surface area (Å²) in [6.07, 6.45) is 5.34. The molecule has 1 N–H and O–H groups in total. The number of nitrogens with one attached hydrogen (secondary N) is 1. The van der Waals surface area contributed by atoms with Gasteiger partial charge in [-0.3, -0.25) is 4.79 Å². The number of rotatable bonds is 6. The number of carbonyl (C=O) groups is 2. The fourth-order valence-corrected chi connectivity index (χ4v) is 2.15. The summed E-state index contributed by atoms with van der Waals surface area (Å²) in [6.45, 7) is 3.81. The van der Waals surface area contributed by atoms with Gasteiger partial charge in [0.2, 0.25) is 6.10 Å². The number of esters is 1. The molecule has 0 aliphatic heterocycles. The van der Waals surface area contributed by atoms with Crippen molar-refractivity contribution >= 4 is 17.6 Å². The number of allylic oxidation sites excluding steroid dienone is 3. The molecule has 0 saturated carbocycles. The molecular formula is C21H21NO3. The van der Waals surface area contributed by atoms with E-state index in [-0.39, 0.29) is 0 Å². The molecule has 0 aliphatic rings. The van der Waals surface area contributed by atoms with Crippen molar-refractivity contribution in [3.63, 3.8) is 0 Å². The van der Waals surface area contributed by atoms with Crippen molar-refractivity contribution in [1.82, 2.24) is 0 Å². The molecule has 0 bridgehead atoms. The topological polar surface area (TPSA) is 55.4 Å². The number of hydrogen-bond donors (Lipinski definition) is 1. The van der Waals surface area contributed by atoms with E-state index in [1.54, 1.807) is 42.5 Å². The third-order valence-corrected chi connectivity index (χ3v) is 3.43. The Morgan fingerprint density at radius 3 is 2.32 bits per heavy atom. The maximum absolute atomic E-state index is 12.6. The lowest BCUT2D eigenvalue weighted by molar-refractivity contribution is -0.149. The molecule has 0 aromatic heterocycles. The number of aryl methyl sites for hydroxylation is 1. The van der Waals surface area contributed by atoms with Crippen molar-refractivity contribution in [2.24, 2.45) is 0 Å².